The van der Waals surface area contributed by atoms with E-state index in [0.717, 1.165) is 34.4 Å². The van der Waals surface area contributed by atoms with E-state index in [4.69, 9.17) is 4.42 Å². The third-order valence-electron chi connectivity index (χ3n) is 2.43. The molecule has 1 N–H and O–H groups in total. The standard InChI is InChI=1S/C13H14N2O3S/c1-3-19-13(8-15(16)17)14-11-4-5-12-10(7-11)6-9(2)18-12/h4-8,14H,3H2,1-2H3. The Morgan fingerprint density at radius 2 is 2.32 bits per heavy atom. The highest BCUT2D eigenvalue weighted by Gasteiger charge is 2.06. The van der Waals surface area contributed by atoms with Gasteiger partial charge >= 0.3 is 0 Å². The van der Waals surface area contributed by atoms with Crippen LogP contribution in [-0.4, -0.2) is 10.7 Å². The molecule has 0 unspecified atom stereocenters. The number of nitrogens with zero attached hydrogens (tertiary/aromatic N) is 1. The van der Waals surface area contributed by atoms with E-state index in [0.29, 0.717) is 5.03 Å². The van der Waals surface area contributed by atoms with E-state index in [1.807, 2.05) is 38.1 Å². The number of aryl methyl sites for hydroxylation is 1. The molecule has 1 aromatic carbocycles. The minimum absolute atomic E-state index is 0.453. The molecule has 5 nitrogen and oxygen atoms in total. The highest BCUT2D eigenvalue weighted by molar-refractivity contribution is 8.03. The van der Waals surface area contributed by atoms with Crippen molar-refractivity contribution in [1.82, 2.24) is 0 Å². The van der Waals surface area contributed by atoms with Crippen LogP contribution in [0.25, 0.3) is 11.0 Å². The lowest BCUT2D eigenvalue weighted by Crippen LogP contribution is -1.99. The monoisotopic (exact) mass is 278 g/mol. The summed E-state index contributed by atoms with van der Waals surface area (Å²) in [7, 11) is 0. The number of furan rings is 1. The van der Waals surface area contributed by atoms with Gasteiger partial charge in [0.1, 0.15) is 16.4 Å². The van der Waals surface area contributed by atoms with E-state index in [9.17, 15) is 10.1 Å². The Kier molecular flexibility index (Phi) is 4.11. The van der Waals surface area contributed by atoms with E-state index in [-0.39, 0.29) is 0 Å². The minimum atomic E-state index is -0.453. The van der Waals surface area contributed by atoms with Crippen molar-refractivity contribution in [1.29, 1.82) is 0 Å². The molecule has 19 heavy (non-hydrogen) atoms. The number of rotatable bonds is 5. The fourth-order valence-corrected chi connectivity index (χ4v) is 2.41. The molecule has 6 heteroatoms. The van der Waals surface area contributed by atoms with Crippen LogP contribution in [0.1, 0.15) is 12.7 Å². The topological polar surface area (TPSA) is 68.3 Å². The van der Waals surface area contributed by atoms with Crippen LogP contribution in [0, 0.1) is 17.0 Å². The average Bonchev–Trinajstić information content (AvgIpc) is 2.68. The Balaban J connectivity index is 2.25. The number of anilines is 1. The summed E-state index contributed by atoms with van der Waals surface area (Å²) < 4.78 is 5.48. The third kappa shape index (κ3) is 3.51. The predicted molar refractivity (Wildman–Crippen MR) is 77.8 cm³/mol. The smallest absolute Gasteiger partial charge is 0.264 e. The molecule has 2 aromatic rings. The van der Waals surface area contributed by atoms with Gasteiger partial charge in [-0.2, -0.15) is 0 Å². The Labute approximate surface area is 114 Å². The second-order valence-corrected chi connectivity index (χ2v) is 5.25. The van der Waals surface area contributed by atoms with Crippen molar-refractivity contribution in [2.24, 2.45) is 0 Å². The Hall–Kier alpha value is -1.95. The number of benzene rings is 1. The number of hydrogen-bond acceptors (Lipinski definition) is 5. The van der Waals surface area contributed by atoms with Crippen LogP contribution in [0.2, 0.25) is 0 Å². The van der Waals surface area contributed by atoms with Gasteiger partial charge in [0, 0.05) is 11.1 Å². The zero-order valence-electron chi connectivity index (χ0n) is 10.7. The van der Waals surface area contributed by atoms with Crippen LogP contribution in [0.5, 0.6) is 0 Å². The minimum Gasteiger partial charge on any atom is -0.461 e. The van der Waals surface area contributed by atoms with Gasteiger partial charge in [0.2, 0.25) is 0 Å². The van der Waals surface area contributed by atoms with Gasteiger partial charge < -0.3 is 9.73 Å². The van der Waals surface area contributed by atoms with E-state index in [2.05, 4.69) is 5.32 Å². The Morgan fingerprint density at radius 1 is 1.53 bits per heavy atom. The molecule has 0 bridgehead atoms. The molecule has 100 valence electrons. The Bertz CT molecular complexity index is 634. The summed E-state index contributed by atoms with van der Waals surface area (Å²) in [5.74, 6) is 1.61. The molecule has 0 atom stereocenters. The lowest BCUT2D eigenvalue weighted by atomic mass is 10.2. The highest BCUT2D eigenvalue weighted by atomic mass is 32.2. The van der Waals surface area contributed by atoms with Crippen molar-refractivity contribution < 1.29 is 9.34 Å². The summed E-state index contributed by atoms with van der Waals surface area (Å²) in [4.78, 5) is 10.1. The molecule has 0 amide bonds. The first-order chi connectivity index (χ1) is 9.08. The molecule has 0 aliphatic rings. The van der Waals surface area contributed by atoms with Crippen molar-refractivity contribution >= 4 is 28.4 Å². The molecular formula is C13H14N2O3S. The van der Waals surface area contributed by atoms with Crippen LogP contribution in [0.3, 0.4) is 0 Å². The van der Waals surface area contributed by atoms with Gasteiger partial charge in [-0.05, 0) is 36.9 Å². The number of thioether (sulfide) groups is 1. The normalized spacial score (nSPS) is 11.8. The molecule has 0 aliphatic carbocycles. The number of nitrogens with one attached hydrogen (secondary N) is 1. The van der Waals surface area contributed by atoms with Crippen LogP contribution < -0.4 is 5.32 Å². The van der Waals surface area contributed by atoms with Gasteiger partial charge in [-0.1, -0.05) is 6.92 Å². The number of hydrogen-bond donors (Lipinski definition) is 1. The second-order valence-electron chi connectivity index (χ2n) is 3.95. The maximum atomic E-state index is 10.6. The fourth-order valence-electron chi connectivity index (χ4n) is 1.75. The molecule has 0 aliphatic heterocycles. The summed E-state index contributed by atoms with van der Waals surface area (Å²) in [6.45, 7) is 3.83. The first-order valence-electron chi connectivity index (χ1n) is 5.84. The zero-order chi connectivity index (χ0) is 13.8. The largest absolute Gasteiger partial charge is 0.461 e. The predicted octanol–water partition coefficient (Wildman–Crippen LogP) is 3.98. The quantitative estimate of drug-likeness (QED) is 0.661. The van der Waals surface area contributed by atoms with E-state index >= 15 is 0 Å². The highest BCUT2D eigenvalue weighted by Crippen LogP contribution is 2.25. The van der Waals surface area contributed by atoms with Crippen LogP contribution in [-0.2, 0) is 0 Å². The van der Waals surface area contributed by atoms with Gasteiger partial charge in [0.15, 0.2) is 0 Å². The van der Waals surface area contributed by atoms with Crippen molar-refractivity contribution in [2.45, 2.75) is 13.8 Å². The third-order valence-corrected chi connectivity index (χ3v) is 3.24. The summed E-state index contributed by atoms with van der Waals surface area (Å²) in [5, 5.41) is 15.1. The molecule has 0 radical (unpaired) electrons. The summed E-state index contributed by atoms with van der Waals surface area (Å²) >= 11 is 1.40. The molecule has 1 heterocycles. The van der Waals surface area contributed by atoms with E-state index in [1.54, 1.807) is 0 Å². The van der Waals surface area contributed by atoms with E-state index in [1.165, 1.54) is 11.8 Å². The van der Waals surface area contributed by atoms with Gasteiger partial charge in [0.25, 0.3) is 6.20 Å². The lowest BCUT2D eigenvalue weighted by Gasteiger charge is -2.07. The van der Waals surface area contributed by atoms with Gasteiger partial charge in [0.05, 0.1) is 4.92 Å². The number of fused-ring (bicyclic) bond motifs is 1. The molecule has 0 spiro atoms. The van der Waals surface area contributed by atoms with Crippen LogP contribution >= 0.6 is 11.8 Å². The molecule has 1 aromatic heterocycles. The van der Waals surface area contributed by atoms with E-state index < -0.39 is 4.92 Å². The maximum Gasteiger partial charge on any atom is 0.264 e. The molecule has 0 fully saturated rings. The maximum absolute atomic E-state index is 10.6. The van der Waals surface area contributed by atoms with Crippen LogP contribution in [0.4, 0.5) is 5.69 Å². The van der Waals surface area contributed by atoms with Gasteiger partial charge in [-0.25, -0.2) is 0 Å². The zero-order valence-corrected chi connectivity index (χ0v) is 11.5. The van der Waals surface area contributed by atoms with Crippen LogP contribution in [0.15, 0.2) is 39.9 Å². The van der Waals surface area contributed by atoms with Gasteiger partial charge in [-0.3, -0.25) is 10.1 Å². The first kappa shape index (κ1) is 13.5. The lowest BCUT2D eigenvalue weighted by molar-refractivity contribution is -0.402. The second kappa shape index (κ2) is 5.79. The first-order valence-corrected chi connectivity index (χ1v) is 6.82. The molecule has 2 rings (SSSR count). The average molecular weight is 278 g/mol. The van der Waals surface area contributed by atoms with Crippen molar-refractivity contribution in [3.63, 3.8) is 0 Å². The molecule has 0 saturated heterocycles. The molecule has 0 saturated carbocycles. The number of nitro groups is 1. The summed E-state index contributed by atoms with van der Waals surface area (Å²) in [6, 6.07) is 7.54. The SMILES string of the molecule is CCSC(=C[N+](=O)[O-])Nc1ccc2oc(C)cc2c1. The van der Waals surface area contributed by atoms with Crippen molar-refractivity contribution in [3.05, 3.63) is 51.4 Å². The fraction of sp³-hybridized carbons (Fsp3) is 0.231. The summed E-state index contributed by atoms with van der Waals surface area (Å²) in [5.41, 5.74) is 1.62. The summed E-state index contributed by atoms with van der Waals surface area (Å²) in [6.07, 6.45) is 0.985. The van der Waals surface area contributed by atoms with Gasteiger partial charge in [-0.15, -0.1) is 11.8 Å². The Morgan fingerprint density at radius 3 is 3.00 bits per heavy atom. The van der Waals surface area contributed by atoms with Crippen molar-refractivity contribution in [2.75, 3.05) is 11.1 Å². The van der Waals surface area contributed by atoms with Crippen molar-refractivity contribution in [3.8, 4) is 0 Å². The molecular weight excluding hydrogens is 264 g/mol.